The molecule has 1 saturated heterocycles. The molecule has 21 heavy (non-hydrogen) atoms. The van der Waals surface area contributed by atoms with Gasteiger partial charge in [-0.05, 0) is 25.6 Å². The first kappa shape index (κ1) is 13.9. The lowest BCUT2D eigenvalue weighted by molar-refractivity contribution is 0.200. The van der Waals surface area contributed by atoms with Gasteiger partial charge in [0.25, 0.3) is 0 Å². The Kier molecular flexibility index (Phi) is 3.81. The zero-order chi connectivity index (χ0) is 14.8. The summed E-state index contributed by atoms with van der Waals surface area (Å²) >= 11 is 0. The summed E-state index contributed by atoms with van der Waals surface area (Å²) in [5.41, 5.74) is 2.02. The lowest BCUT2D eigenvalue weighted by Crippen LogP contribution is -2.51. The summed E-state index contributed by atoms with van der Waals surface area (Å²) in [6.07, 6.45) is 0. The largest absolute Gasteiger partial charge is 0.368 e. The first-order valence-corrected chi connectivity index (χ1v) is 7.65. The average Bonchev–Trinajstić information content (AvgIpc) is 2.53. The molecule has 0 aromatic heterocycles. The van der Waals surface area contributed by atoms with E-state index in [1.807, 2.05) is 18.2 Å². The van der Waals surface area contributed by atoms with Gasteiger partial charge in [0, 0.05) is 42.1 Å². The molecule has 0 spiro atoms. The number of likely N-dealkylation sites (N-methyl/N-ethyl adjacent to an activating group) is 1. The Balaban J connectivity index is 2.01. The molecule has 3 nitrogen and oxygen atoms in total. The summed E-state index contributed by atoms with van der Waals surface area (Å²) in [6.45, 7) is 8.83. The van der Waals surface area contributed by atoms with Crippen molar-refractivity contribution < 1.29 is 0 Å². The minimum Gasteiger partial charge on any atom is -0.368 e. The highest BCUT2D eigenvalue weighted by molar-refractivity contribution is 5.97. The monoisotopic (exact) mass is 279 g/mol. The third-order valence-electron chi connectivity index (χ3n) is 4.53. The van der Waals surface area contributed by atoms with Crippen LogP contribution in [0.25, 0.3) is 10.8 Å². The van der Waals surface area contributed by atoms with Crippen LogP contribution in [-0.4, -0.2) is 37.1 Å². The standard InChI is InChI=1S/C18H21N3/c1-3-20-10-11-21(13-14(20)2)18-9-8-15(12-19)16-6-4-5-7-17(16)18/h4-9,14H,3,10-11,13H2,1-2H3. The highest BCUT2D eigenvalue weighted by atomic mass is 15.3. The molecule has 2 aromatic carbocycles. The highest BCUT2D eigenvalue weighted by Gasteiger charge is 2.23. The van der Waals surface area contributed by atoms with Crippen LogP contribution >= 0.6 is 0 Å². The van der Waals surface area contributed by atoms with Crippen LogP contribution in [0.1, 0.15) is 19.4 Å². The number of benzene rings is 2. The van der Waals surface area contributed by atoms with Crippen molar-refractivity contribution in [2.75, 3.05) is 31.1 Å². The fourth-order valence-electron chi connectivity index (χ4n) is 3.34. The van der Waals surface area contributed by atoms with E-state index in [2.05, 4.69) is 47.9 Å². The van der Waals surface area contributed by atoms with Gasteiger partial charge >= 0.3 is 0 Å². The number of fused-ring (bicyclic) bond motifs is 1. The third-order valence-corrected chi connectivity index (χ3v) is 4.53. The Labute approximate surface area is 126 Å². The lowest BCUT2D eigenvalue weighted by Gasteiger charge is -2.41. The van der Waals surface area contributed by atoms with Gasteiger partial charge in [0.1, 0.15) is 0 Å². The minimum atomic E-state index is 0.568. The summed E-state index contributed by atoms with van der Waals surface area (Å²) in [4.78, 5) is 4.97. The first-order chi connectivity index (χ1) is 10.2. The van der Waals surface area contributed by atoms with Crippen LogP contribution in [0.2, 0.25) is 0 Å². The number of piperazine rings is 1. The second kappa shape index (κ2) is 5.75. The Bertz CT molecular complexity index is 686. The molecule has 0 bridgehead atoms. The maximum Gasteiger partial charge on any atom is 0.0998 e. The highest BCUT2D eigenvalue weighted by Crippen LogP contribution is 2.30. The van der Waals surface area contributed by atoms with E-state index in [4.69, 9.17) is 0 Å². The van der Waals surface area contributed by atoms with Gasteiger partial charge in [-0.3, -0.25) is 4.90 Å². The predicted octanol–water partition coefficient (Wildman–Crippen LogP) is 3.24. The number of nitriles is 1. The van der Waals surface area contributed by atoms with Crippen molar-refractivity contribution in [3.8, 4) is 6.07 Å². The molecule has 0 N–H and O–H groups in total. The van der Waals surface area contributed by atoms with E-state index in [9.17, 15) is 5.26 Å². The maximum atomic E-state index is 9.28. The zero-order valence-electron chi connectivity index (χ0n) is 12.7. The van der Waals surface area contributed by atoms with E-state index < -0.39 is 0 Å². The molecule has 108 valence electrons. The molecule has 3 rings (SSSR count). The first-order valence-electron chi connectivity index (χ1n) is 7.65. The van der Waals surface area contributed by atoms with Crippen LogP contribution in [0, 0.1) is 11.3 Å². The van der Waals surface area contributed by atoms with E-state index in [1.54, 1.807) is 0 Å². The topological polar surface area (TPSA) is 30.3 Å². The van der Waals surface area contributed by atoms with E-state index in [0.29, 0.717) is 6.04 Å². The molecule has 1 atom stereocenters. The molecule has 1 heterocycles. The Morgan fingerprint density at radius 2 is 1.90 bits per heavy atom. The van der Waals surface area contributed by atoms with Gasteiger partial charge in [-0.2, -0.15) is 5.26 Å². The van der Waals surface area contributed by atoms with E-state index >= 15 is 0 Å². The van der Waals surface area contributed by atoms with Crippen LogP contribution in [0.15, 0.2) is 36.4 Å². The van der Waals surface area contributed by atoms with Crippen molar-refractivity contribution in [1.82, 2.24) is 4.90 Å². The Morgan fingerprint density at radius 3 is 2.57 bits per heavy atom. The summed E-state index contributed by atoms with van der Waals surface area (Å²) in [5, 5.41) is 11.5. The van der Waals surface area contributed by atoms with Crippen LogP contribution in [0.3, 0.4) is 0 Å². The Morgan fingerprint density at radius 1 is 1.14 bits per heavy atom. The van der Waals surface area contributed by atoms with Gasteiger partial charge < -0.3 is 4.90 Å². The van der Waals surface area contributed by atoms with Crippen LogP contribution in [0.4, 0.5) is 5.69 Å². The van der Waals surface area contributed by atoms with Crippen molar-refractivity contribution >= 4 is 16.5 Å². The fourth-order valence-corrected chi connectivity index (χ4v) is 3.34. The molecule has 0 aliphatic carbocycles. The normalized spacial score (nSPS) is 19.7. The van der Waals surface area contributed by atoms with E-state index in [0.717, 1.165) is 37.1 Å². The van der Waals surface area contributed by atoms with Gasteiger partial charge in [-0.15, -0.1) is 0 Å². The second-order valence-corrected chi connectivity index (χ2v) is 5.71. The van der Waals surface area contributed by atoms with Crippen molar-refractivity contribution in [3.05, 3.63) is 42.0 Å². The van der Waals surface area contributed by atoms with Gasteiger partial charge in [-0.1, -0.05) is 31.2 Å². The summed E-state index contributed by atoms with van der Waals surface area (Å²) in [7, 11) is 0. The van der Waals surface area contributed by atoms with E-state index in [1.165, 1.54) is 11.1 Å². The third kappa shape index (κ3) is 2.48. The van der Waals surface area contributed by atoms with Gasteiger partial charge in [0.15, 0.2) is 0 Å². The summed E-state index contributed by atoms with van der Waals surface area (Å²) in [5.74, 6) is 0. The van der Waals surface area contributed by atoms with Crippen molar-refractivity contribution in [1.29, 1.82) is 5.26 Å². The summed E-state index contributed by atoms with van der Waals surface area (Å²) < 4.78 is 0. The molecule has 2 aromatic rings. The molecule has 1 unspecified atom stereocenters. The number of anilines is 1. The van der Waals surface area contributed by atoms with Crippen molar-refractivity contribution in [3.63, 3.8) is 0 Å². The zero-order valence-corrected chi connectivity index (χ0v) is 12.7. The SMILES string of the molecule is CCN1CCN(c2ccc(C#N)c3ccccc23)CC1C. The molecule has 3 heteroatoms. The van der Waals surface area contributed by atoms with Crippen molar-refractivity contribution in [2.24, 2.45) is 0 Å². The van der Waals surface area contributed by atoms with Gasteiger partial charge in [0.2, 0.25) is 0 Å². The minimum absolute atomic E-state index is 0.568. The molecule has 1 aliphatic heterocycles. The smallest absolute Gasteiger partial charge is 0.0998 e. The van der Waals surface area contributed by atoms with Crippen LogP contribution in [-0.2, 0) is 0 Å². The number of nitrogens with zero attached hydrogens (tertiary/aromatic N) is 3. The molecule has 0 saturated carbocycles. The quantitative estimate of drug-likeness (QED) is 0.845. The maximum absolute atomic E-state index is 9.28. The van der Waals surface area contributed by atoms with E-state index in [-0.39, 0.29) is 0 Å². The summed E-state index contributed by atoms with van der Waals surface area (Å²) in [6, 6.07) is 15.2. The lowest BCUT2D eigenvalue weighted by atomic mass is 10.0. The molecular weight excluding hydrogens is 258 g/mol. The second-order valence-electron chi connectivity index (χ2n) is 5.71. The molecule has 0 amide bonds. The molecule has 1 fully saturated rings. The molecular formula is C18H21N3. The predicted molar refractivity (Wildman–Crippen MR) is 87.6 cm³/mol. The number of hydrogen-bond acceptors (Lipinski definition) is 3. The average molecular weight is 279 g/mol. The number of hydrogen-bond donors (Lipinski definition) is 0. The van der Waals surface area contributed by atoms with Crippen molar-refractivity contribution in [2.45, 2.75) is 19.9 Å². The van der Waals surface area contributed by atoms with Crippen LogP contribution in [0.5, 0.6) is 0 Å². The number of rotatable bonds is 2. The molecule has 1 aliphatic rings. The fraction of sp³-hybridized carbons (Fsp3) is 0.389. The van der Waals surface area contributed by atoms with Gasteiger partial charge in [0.05, 0.1) is 11.6 Å². The van der Waals surface area contributed by atoms with Crippen LogP contribution < -0.4 is 4.90 Å². The Hall–Kier alpha value is -2.05. The molecule has 0 radical (unpaired) electrons. The van der Waals surface area contributed by atoms with Gasteiger partial charge in [-0.25, -0.2) is 0 Å².